The minimum absolute atomic E-state index is 0.00894. The van der Waals surface area contributed by atoms with Gasteiger partial charge in [-0.2, -0.15) is 0 Å². The quantitative estimate of drug-likeness (QED) is 0.796. The van der Waals surface area contributed by atoms with Gasteiger partial charge in [0.1, 0.15) is 5.69 Å². The number of carboxylic acids is 1. The van der Waals surface area contributed by atoms with Gasteiger partial charge >= 0.3 is 5.97 Å². The highest BCUT2D eigenvalue weighted by Gasteiger charge is 2.09. The van der Waals surface area contributed by atoms with Crippen molar-refractivity contribution in [3.05, 3.63) is 29.6 Å². The molecule has 0 fully saturated rings. The number of rotatable bonds is 4. The van der Waals surface area contributed by atoms with Crippen LogP contribution in [0.4, 0.5) is 0 Å². The van der Waals surface area contributed by atoms with Gasteiger partial charge in [0.2, 0.25) is 0 Å². The summed E-state index contributed by atoms with van der Waals surface area (Å²) in [6.07, 6.45) is 2.37. The van der Waals surface area contributed by atoms with Gasteiger partial charge in [-0.05, 0) is 18.1 Å². The van der Waals surface area contributed by atoms with E-state index < -0.39 is 5.97 Å². The number of methoxy groups -OCH3 is 1. The molecule has 0 aliphatic carbocycles. The molecule has 0 aliphatic heterocycles. The Kier molecular flexibility index (Phi) is 3.59. The number of carbonyl (C=O) groups is 1. The number of aromatic carboxylic acids is 1. The minimum Gasteiger partial charge on any atom is -0.477 e. The van der Waals surface area contributed by atoms with Crippen LogP contribution in [0.5, 0.6) is 0 Å². The fourth-order valence-electron chi connectivity index (χ4n) is 1.26. The average molecular weight is 195 g/mol. The number of pyridine rings is 1. The lowest BCUT2D eigenvalue weighted by atomic mass is 10.1. The molecule has 1 heterocycles. The molecule has 0 radical (unpaired) electrons. The maximum atomic E-state index is 10.5. The molecular weight excluding hydrogens is 182 g/mol. The molecular formula is C10H13NO3. The van der Waals surface area contributed by atoms with Gasteiger partial charge in [-0.1, -0.05) is 13.0 Å². The molecule has 1 atom stereocenters. The first-order valence-corrected chi connectivity index (χ1v) is 4.41. The van der Waals surface area contributed by atoms with Gasteiger partial charge in [-0.15, -0.1) is 0 Å². The lowest BCUT2D eigenvalue weighted by Crippen LogP contribution is -2.04. The standard InChI is InChI=1S/C10H13NO3/c1-3-9(14-2)7-4-5-8(10(12)13)11-6-7/h4-6,9H,3H2,1-2H3,(H,12,13). The summed E-state index contributed by atoms with van der Waals surface area (Å²) < 4.78 is 5.20. The van der Waals surface area contributed by atoms with Crippen molar-refractivity contribution >= 4 is 5.97 Å². The van der Waals surface area contributed by atoms with E-state index in [-0.39, 0.29) is 11.8 Å². The van der Waals surface area contributed by atoms with E-state index in [9.17, 15) is 4.79 Å². The van der Waals surface area contributed by atoms with E-state index in [1.54, 1.807) is 19.4 Å². The molecule has 0 saturated carbocycles. The van der Waals surface area contributed by atoms with Crippen LogP contribution in [0.3, 0.4) is 0 Å². The molecule has 1 aromatic rings. The molecule has 14 heavy (non-hydrogen) atoms. The molecule has 0 amide bonds. The van der Waals surface area contributed by atoms with E-state index in [0.717, 1.165) is 12.0 Å². The third-order valence-corrected chi connectivity index (χ3v) is 2.03. The highest BCUT2D eigenvalue weighted by atomic mass is 16.5. The molecule has 4 nitrogen and oxygen atoms in total. The first kappa shape index (κ1) is 10.7. The van der Waals surface area contributed by atoms with Crippen LogP contribution in [0, 0.1) is 0 Å². The smallest absolute Gasteiger partial charge is 0.354 e. The molecule has 0 aromatic carbocycles. The van der Waals surface area contributed by atoms with Crippen molar-refractivity contribution in [2.75, 3.05) is 7.11 Å². The van der Waals surface area contributed by atoms with Crippen molar-refractivity contribution < 1.29 is 14.6 Å². The fourth-order valence-corrected chi connectivity index (χ4v) is 1.26. The molecule has 4 heteroatoms. The number of ether oxygens (including phenoxy) is 1. The summed E-state index contributed by atoms with van der Waals surface area (Å²) in [5, 5.41) is 8.63. The van der Waals surface area contributed by atoms with E-state index in [0.29, 0.717) is 0 Å². The lowest BCUT2D eigenvalue weighted by molar-refractivity contribution is 0.0689. The molecule has 0 saturated heterocycles. The van der Waals surface area contributed by atoms with Gasteiger partial charge in [0.05, 0.1) is 6.10 Å². The number of carboxylic acid groups (broad SMARTS) is 1. The zero-order chi connectivity index (χ0) is 10.6. The molecule has 1 aromatic heterocycles. The molecule has 1 rings (SSSR count). The summed E-state index contributed by atoms with van der Waals surface area (Å²) >= 11 is 0. The Bertz CT molecular complexity index is 304. The Balaban J connectivity index is 2.87. The van der Waals surface area contributed by atoms with Crippen LogP contribution in [0.25, 0.3) is 0 Å². The van der Waals surface area contributed by atoms with E-state index >= 15 is 0 Å². The summed E-state index contributed by atoms with van der Waals surface area (Å²) in [7, 11) is 1.62. The molecule has 0 spiro atoms. The third-order valence-electron chi connectivity index (χ3n) is 2.03. The molecule has 1 unspecified atom stereocenters. The predicted octanol–water partition coefficient (Wildman–Crippen LogP) is 1.88. The van der Waals surface area contributed by atoms with Crippen molar-refractivity contribution in [1.29, 1.82) is 0 Å². The largest absolute Gasteiger partial charge is 0.477 e. The first-order chi connectivity index (χ1) is 6.69. The number of hydrogen-bond acceptors (Lipinski definition) is 3. The first-order valence-electron chi connectivity index (χ1n) is 4.41. The van der Waals surface area contributed by atoms with Gasteiger partial charge in [0.25, 0.3) is 0 Å². The monoisotopic (exact) mass is 195 g/mol. The summed E-state index contributed by atoms with van der Waals surface area (Å²) in [5.74, 6) is -1.01. The van der Waals surface area contributed by atoms with Crippen molar-refractivity contribution in [1.82, 2.24) is 4.98 Å². The average Bonchev–Trinajstić information content (AvgIpc) is 2.20. The number of nitrogens with zero attached hydrogens (tertiary/aromatic N) is 1. The van der Waals surface area contributed by atoms with Crippen LogP contribution in [0.2, 0.25) is 0 Å². The highest BCUT2D eigenvalue weighted by molar-refractivity contribution is 5.85. The molecule has 0 bridgehead atoms. The van der Waals surface area contributed by atoms with Crippen molar-refractivity contribution in [3.8, 4) is 0 Å². The van der Waals surface area contributed by atoms with Gasteiger partial charge in [-0.3, -0.25) is 0 Å². The molecule has 1 N–H and O–H groups in total. The van der Waals surface area contributed by atoms with Crippen molar-refractivity contribution in [2.45, 2.75) is 19.4 Å². The lowest BCUT2D eigenvalue weighted by Gasteiger charge is -2.12. The second kappa shape index (κ2) is 4.72. The van der Waals surface area contributed by atoms with Gasteiger partial charge < -0.3 is 9.84 Å². The Morgan fingerprint density at radius 1 is 1.64 bits per heavy atom. The topological polar surface area (TPSA) is 59.4 Å². The summed E-state index contributed by atoms with van der Waals surface area (Å²) in [6.45, 7) is 2.00. The van der Waals surface area contributed by atoms with E-state index in [4.69, 9.17) is 9.84 Å². The summed E-state index contributed by atoms with van der Waals surface area (Å²) in [4.78, 5) is 14.3. The maximum Gasteiger partial charge on any atom is 0.354 e. The number of hydrogen-bond donors (Lipinski definition) is 1. The Hall–Kier alpha value is -1.42. The Labute approximate surface area is 82.5 Å². The van der Waals surface area contributed by atoms with E-state index in [2.05, 4.69) is 4.98 Å². The second-order valence-electron chi connectivity index (χ2n) is 2.91. The van der Waals surface area contributed by atoms with E-state index in [1.807, 2.05) is 6.92 Å². The third kappa shape index (κ3) is 2.29. The fraction of sp³-hybridized carbons (Fsp3) is 0.400. The minimum atomic E-state index is -1.01. The second-order valence-corrected chi connectivity index (χ2v) is 2.91. The summed E-state index contributed by atoms with van der Waals surface area (Å²) in [6, 6.07) is 3.22. The highest BCUT2D eigenvalue weighted by Crippen LogP contribution is 2.18. The van der Waals surface area contributed by atoms with Crippen molar-refractivity contribution in [3.63, 3.8) is 0 Å². The Morgan fingerprint density at radius 3 is 2.71 bits per heavy atom. The Morgan fingerprint density at radius 2 is 2.36 bits per heavy atom. The van der Waals surface area contributed by atoms with Gasteiger partial charge in [0, 0.05) is 13.3 Å². The molecule has 76 valence electrons. The zero-order valence-corrected chi connectivity index (χ0v) is 8.23. The zero-order valence-electron chi connectivity index (χ0n) is 8.23. The molecule has 0 aliphatic rings. The maximum absolute atomic E-state index is 10.5. The van der Waals surface area contributed by atoms with Crippen LogP contribution in [0.15, 0.2) is 18.3 Å². The van der Waals surface area contributed by atoms with Crippen LogP contribution in [-0.2, 0) is 4.74 Å². The van der Waals surface area contributed by atoms with Crippen molar-refractivity contribution in [2.24, 2.45) is 0 Å². The predicted molar refractivity (Wildman–Crippen MR) is 51.2 cm³/mol. The number of aromatic nitrogens is 1. The van der Waals surface area contributed by atoms with Crippen LogP contribution in [0.1, 0.15) is 35.5 Å². The van der Waals surface area contributed by atoms with E-state index in [1.165, 1.54) is 6.07 Å². The van der Waals surface area contributed by atoms with Crippen LogP contribution >= 0.6 is 0 Å². The van der Waals surface area contributed by atoms with Crippen LogP contribution in [-0.4, -0.2) is 23.2 Å². The van der Waals surface area contributed by atoms with Crippen LogP contribution < -0.4 is 0 Å². The SMILES string of the molecule is CCC(OC)c1ccc(C(=O)O)nc1. The normalized spacial score (nSPS) is 12.4. The summed E-state index contributed by atoms with van der Waals surface area (Å²) in [5.41, 5.74) is 0.958. The van der Waals surface area contributed by atoms with Gasteiger partial charge in [0.15, 0.2) is 0 Å². The van der Waals surface area contributed by atoms with Gasteiger partial charge in [-0.25, -0.2) is 9.78 Å².